The molecule has 7 nitrogen and oxygen atoms in total. The van der Waals surface area contributed by atoms with Crippen LogP contribution in [0, 0.1) is 0 Å². The minimum atomic E-state index is -0.241. The van der Waals surface area contributed by atoms with Crippen LogP contribution in [0.3, 0.4) is 0 Å². The number of hydrazine groups is 1. The summed E-state index contributed by atoms with van der Waals surface area (Å²) >= 11 is 7.73. The molecular formula is C23H25ClN4O3S. The lowest BCUT2D eigenvalue weighted by atomic mass is 10.00. The highest BCUT2D eigenvalue weighted by atomic mass is 35.5. The molecule has 2 N–H and O–H groups in total. The normalized spacial score (nSPS) is 21.8. The molecule has 5 rings (SSSR count). The Morgan fingerprint density at radius 3 is 2.78 bits per heavy atom. The van der Waals surface area contributed by atoms with Gasteiger partial charge in [-0.2, -0.15) is 0 Å². The first-order valence-electron chi connectivity index (χ1n) is 10.8. The third-order valence-electron chi connectivity index (χ3n) is 6.07. The molecule has 0 radical (unpaired) electrons. The van der Waals surface area contributed by atoms with E-state index in [1.54, 1.807) is 7.11 Å². The molecular weight excluding hydrogens is 448 g/mol. The number of halogens is 1. The monoisotopic (exact) mass is 472 g/mol. The fourth-order valence-electron chi connectivity index (χ4n) is 4.30. The zero-order chi connectivity index (χ0) is 22.1. The van der Waals surface area contributed by atoms with Crippen LogP contribution in [0.5, 0.6) is 10.9 Å². The number of hydrogen-bond donors (Lipinski definition) is 2. The molecule has 168 valence electrons. The number of piperidine rings is 1. The van der Waals surface area contributed by atoms with Crippen molar-refractivity contribution in [1.29, 1.82) is 0 Å². The predicted octanol–water partition coefficient (Wildman–Crippen LogP) is 3.94. The molecule has 2 aromatic carbocycles. The van der Waals surface area contributed by atoms with Crippen molar-refractivity contribution in [2.45, 2.75) is 37.5 Å². The molecule has 3 heterocycles. The molecule has 0 aliphatic carbocycles. The van der Waals surface area contributed by atoms with Gasteiger partial charge < -0.3 is 14.4 Å². The number of nitrogens with zero attached hydrogens (tertiary/aromatic N) is 2. The maximum atomic E-state index is 13.1. The van der Waals surface area contributed by atoms with E-state index in [-0.39, 0.29) is 24.1 Å². The molecule has 0 spiro atoms. The standard InChI is InChI=1S/C23H25ClN4O3S/c1-30-16-5-2-4-14(12-16)18-13-19(27-26-18)22(29)28-10-8-15(9-11-28)31-23-25-21-17(24)6-3-7-20(21)32-23/h2-7,12,15,18-19,26-27H,8-11,13H2,1H3. The molecule has 0 saturated carbocycles. The van der Waals surface area contributed by atoms with Gasteiger partial charge in [-0.3, -0.25) is 4.79 Å². The van der Waals surface area contributed by atoms with E-state index in [4.69, 9.17) is 21.1 Å². The first-order valence-corrected chi connectivity index (χ1v) is 12.0. The zero-order valence-electron chi connectivity index (χ0n) is 17.7. The van der Waals surface area contributed by atoms with Crippen molar-refractivity contribution in [2.75, 3.05) is 20.2 Å². The van der Waals surface area contributed by atoms with Gasteiger partial charge in [0, 0.05) is 32.0 Å². The van der Waals surface area contributed by atoms with E-state index in [1.165, 1.54) is 11.3 Å². The molecule has 2 aliphatic rings. The molecule has 2 fully saturated rings. The van der Waals surface area contributed by atoms with Gasteiger partial charge in [-0.05, 0) is 36.2 Å². The molecule has 3 aromatic rings. The van der Waals surface area contributed by atoms with E-state index in [0.717, 1.165) is 34.4 Å². The Kier molecular flexibility index (Phi) is 6.19. The van der Waals surface area contributed by atoms with Gasteiger partial charge in [-0.25, -0.2) is 15.8 Å². The van der Waals surface area contributed by atoms with Crippen LogP contribution < -0.4 is 20.3 Å². The number of aromatic nitrogens is 1. The van der Waals surface area contributed by atoms with Crippen LogP contribution >= 0.6 is 22.9 Å². The van der Waals surface area contributed by atoms with Crippen molar-refractivity contribution in [3.63, 3.8) is 0 Å². The number of likely N-dealkylation sites (tertiary alicyclic amines) is 1. The average molecular weight is 473 g/mol. The van der Waals surface area contributed by atoms with Crippen LogP contribution in [-0.2, 0) is 4.79 Å². The molecule has 2 atom stereocenters. The summed E-state index contributed by atoms with van der Waals surface area (Å²) in [5.41, 5.74) is 8.33. The quantitative estimate of drug-likeness (QED) is 0.586. The van der Waals surface area contributed by atoms with Gasteiger partial charge in [0.2, 0.25) is 5.91 Å². The molecule has 2 saturated heterocycles. The predicted molar refractivity (Wildman–Crippen MR) is 125 cm³/mol. The fraction of sp³-hybridized carbons (Fsp3) is 0.391. The lowest BCUT2D eigenvalue weighted by molar-refractivity contribution is -0.135. The maximum Gasteiger partial charge on any atom is 0.274 e. The second-order valence-electron chi connectivity index (χ2n) is 8.12. The van der Waals surface area contributed by atoms with E-state index in [1.807, 2.05) is 47.4 Å². The summed E-state index contributed by atoms with van der Waals surface area (Å²) in [6.45, 7) is 1.36. The van der Waals surface area contributed by atoms with Gasteiger partial charge in [0.15, 0.2) is 0 Å². The summed E-state index contributed by atoms with van der Waals surface area (Å²) in [4.78, 5) is 19.5. The Balaban J connectivity index is 1.14. The number of methoxy groups -OCH3 is 1. The number of thiazole rings is 1. The molecule has 0 bridgehead atoms. The fourth-order valence-corrected chi connectivity index (χ4v) is 5.48. The largest absolute Gasteiger partial charge is 0.497 e. The molecule has 9 heteroatoms. The number of carbonyl (C=O) groups is 1. The number of rotatable bonds is 5. The van der Waals surface area contributed by atoms with Crippen LogP contribution in [0.4, 0.5) is 0 Å². The third-order valence-corrected chi connectivity index (χ3v) is 7.29. The minimum absolute atomic E-state index is 0.0533. The lowest BCUT2D eigenvalue weighted by Gasteiger charge is -2.33. The third kappa shape index (κ3) is 4.41. The van der Waals surface area contributed by atoms with Crippen LogP contribution in [0.2, 0.25) is 5.02 Å². The summed E-state index contributed by atoms with van der Waals surface area (Å²) in [5.74, 6) is 0.949. The maximum absolute atomic E-state index is 13.1. The van der Waals surface area contributed by atoms with Crippen LogP contribution in [0.15, 0.2) is 42.5 Å². The van der Waals surface area contributed by atoms with Gasteiger partial charge in [-0.1, -0.05) is 41.1 Å². The highest BCUT2D eigenvalue weighted by Crippen LogP contribution is 2.33. The molecule has 2 aliphatic heterocycles. The van der Waals surface area contributed by atoms with Crippen molar-refractivity contribution in [3.8, 4) is 10.9 Å². The molecule has 32 heavy (non-hydrogen) atoms. The van der Waals surface area contributed by atoms with E-state index < -0.39 is 0 Å². The zero-order valence-corrected chi connectivity index (χ0v) is 19.3. The Morgan fingerprint density at radius 1 is 1.19 bits per heavy atom. The van der Waals surface area contributed by atoms with Gasteiger partial charge in [0.25, 0.3) is 5.19 Å². The Morgan fingerprint density at radius 2 is 2.00 bits per heavy atom. The summed E-state index contributed by atoms with van der Waals surface area (Å²) in [6, 6.07) is 13.5. The number of ether oxygens (including phenoxy) is 2. The number of nitrogens with one attached hydrogen (secondary N) is 2. The first-order chi connectivity index (χ1) is 15.6. The van der Waals surface area contributed by atoms with Gasteiger partial charge in [0.1, 0.15) is 23.4 Å². The highest BCUT2D eigenvalue weighted by molar-refractivity contribution is 7.20. The SMILES string of the molecule is COc1cccc(C2CC(C(=O)N3CCC(Oc4nc5c(Cl)cccc5s4)CC3)NN2)c1. The van der Waals surface area contributed by atoms with E-state index in [9.17, 15) is 4.79 Å². The van der Waals surface area contributed by atoms with Crippen molar-refractivity contribution in [2.24, 2.45) is 0 Å². The topological polar surface area (TPSA) is 75.7 Å². The summed E-state index contributed by atoms with van der Waals surface area (Å²) in [6.07, 6.45) is 2.33. The number of benzene rings is 2. The second-order valence-corrected chi connectivity index (χ2v) is 9.52. The molecule has 1 amide bonds. The van der Waals surface area contributed by atoms with Crippen molar-refractivity contribution < 1.29 is 14.3 Å². The first kappa shape index (κ1) is 21.5. The number of amides is 1. The Hall–Kier alpha value is -2.39. The van der Waals surface area contributed by atoms with E-state index in [0.29, 0.717) is 29.7 Å². The Labute approximate surface area is 195 Å². The van der Waals surface area contributed by atoms with Crippen molar-refractivity contribution >= 4 is 39.1 Å². The lowest BCUT2D eigenvalue weighted by Crippen LogP contribution is -2.49. The molecule has 1 aromatic heterocycles. The van der Waals surface area contributed by atoms with Crippen molar-refractivity contribution in [3.05, 3.63) is 53.1 Å². The number of fused-ring (bicyclic) bond motifs is 1. The Bertz CT molecular complexity index is 1120. The number of carbonyl (C=O) groups excluding carboxylic acids is 1. The summed E-state index contributed by atoms with van der Waals surface area (Å²) < 4.78 is 12.4. The molecule has 2 unspecified atom stereocenters. The summed E-state index contributed by atoms with van der Waals surface area (Å²) in [5, 5.41) is 1.28. The van der Waals surface area contributed by atoms with E-state index in [2.05, 4.69) is 15.8 Å². The number of hydrogen-bond acceptors (Lipinski definition) is 7. The van der Waals surface area contributed by atoms with Crippen LogP contribution in [0.1, 0.15) is 30.9 Å². The minimum Gasteiger partial charge on any atom is -0.497 e. The van der Waals surface area contributed by atoms with Crippen molar-refractivity contribution in [1.82, 2.24) is 20.7 Å². The highest BCUT2D eigenvalue weighted by Gasteiger charge is 2.35. The average Bonchev–Trinajstić information content (AvgIpc) is 3.47. The number of para-hydroxylation sites is 1. The van der Waals surface area contributed by atoms with Crippen LogP contribution in [0.25, 0.3) is 10.2 Å². The smallest absolute Gasteiger partial charge is 0.274 e. The van der Waals surface area contributed by atoms with Gasteiger partial charge >= 0.3 is 0 Å². The van der Waals surface area contributed by atoms with E-state index >= 15 is 0 Å². The summed E-state index contributed by atoms with van der Waals surface area (Å²) in [7, 11) is 1.66. The van der Waals surface area contributed by atoms with Crippen LogP contribution in [-0.4, -0.2) is 48.1 Å². The van der Waals surface area contributed by atoms with Gasteiger partial charge in [-0.15, -0.1) is 0 Å². The second kappa shape index (κ2) is 9.23. The van der Waals surface area contributed by atoms with Gasteiger partial charge in [0.05, 0.1) is 16.8 Å².